The standard InChI is InChI=1S/C12H11N5OS/c18-12-5-11(15-16-12)8-1-3-9(4-2-8)13-6-10-7-19-17-14-10/h1-5,7,13H,6H2,(H2,15,16,18). The molecule has 0 spiro atoms. The Morgan fingerprint density at radius 1 is 1.21 bits per heavy atom. The van der Waals surface area contributed by atoms with E-state index in [0.717, 1.165) is 22.6 Å². The molecule has 3 N–H and O–H groups in total. The van der Waals surface area contributed by atoms with Crippen molar-refractivity contribution in [2.75, 3.05) is 5.32 Å². The number of rotatable bonds is 4. The van der Waals surface area contributed by atoms with E-state index in [4.69, 9.17) is 0 Å². The molecule has 2 heterocycles. The van der Waals surface area contributed by atoms with Gasteiger partial charge in [-0.05, 0) is 29.2 Å². The first kappa shape index (κ1) is 11.7. The highest BCUT2D eigenvalue weighted by Crippen LogP contribution is 2.18. The minimum absolute atomic E-state index is 0.131. The summed E-state index contributed by atoms with van der Waals surface area (Å²) >= 11 is 1.34. The lowest BCUT2D eigenvalue weighted by Crippen LogP contribution is -1.99. The number of nitrogens with one attached hydrogen (secondary N) is 3. The van der Waals surface area contributed by atoms with Crippen molar-refractivity contribution >= 4 is 17.2 Å². The molecular weight excluding hydrogens is 262 g/mol. The zero-order valence-corrected chi connectivity index (χ0v) is 10.7. The summed E-state index contributed by atoms with van der Waals surface area (Å²) in [6.45, 7) is 0.650. The second-order valence-corrected chi connectivity index (χ2v) is 4.61. The Kier molecular flexibility index (Phi) is 3.11. The smallest absolute Gasteiger partial charge is 0.264 e. The second kappa shape index (κ2) is 5.07. The average molecular weight is 273 g/mol. The van der Waals surface area contributed by atoms with Gasteiger partial charge in [0.15, 0.2) is 0 Å². The van der Waals surface area contributed by atoms with E-state index in [9.17, 15) is 4.79 Å². The van der Waals surface area contributed by atoms with Crippen LogP contribution in [0.1, 0.15) is 5.69 Å². The summed E-state index contributed by atoms with van der Waals surface area (Å²) in [7, 11) is 0. The van der Waals surface area contributed by atoms with Gasteiger partial charge in [-0.2, -0.15) is 0 Å². The molecule has 0 aliphatic heterocycles. The SMILES string of the molecule is O=c1cc(-c2ccc(NCc3csnn3)cc2)[nH][nH]1. The van der Waals surface area contributed by atoms with Gasteiger partial charge in [-0.25, -0.2) is 0 Å². The fraction of sp³-hybridized carbons (Fsp3) is 0.0833. The van der Waals surface area contributed by atoms with Crippen LogP contribution in [0.4, 0.5) is 5.69 Å². The summed E-state index contributed by atoms with van der Waals surface area (Å²) in [5.41, 5.74) is 3.52. The van der Waals surface area contributed by atoms with E-state index in [2.05, 4.69) is 25.1 Å². The van der Waals surface area contributed by atoms with Gasteiger partial charge in [-0.1, -0.05) is 16.6 Å². The van der Waals surface area contributed by atoms with Crippen LogP contribution in [0.15, 0.2) is 40.5 Å². The van der Waals surface area contributed by atoms with Crippen LogP contribution in [-0.4, -0.2) is 19.8 Å². The highest BCUT2D eigenvalue weighted by molar-refractivity contribution is 7.03. The molecule has 96 valence electrons. The van der Waals surface area contributed by atoms with Crippen LogP contribution in [-0.2, 0) is 6.54 Å². The number of H-pyrrole nitrogens is 2. The van der Waals surface area contributed by atoms with E-state index in [-0.39, 0.29) is 5.56 Å². The van der Waals surface area contributed by atoms with E-state index >= 15 is 0 Å². The van der Waals surface area contributed by atoms with Gasteiger partial charge in [-0.15, -0.1) is 5.10 Å². The molecule has 0 aliphatic carbocycles. The number of hydrogen-bond acceptors (Lipinski definition) is 5. The van der Waals surface area contributed by atoms with E-state index < -0.39 is 0 Å². The Labute approximate surface area is 112 Å². The molecule has 0 saturated heterocycles. The third-order valence-corrected chi connectivity index (χ3v) is 3.22. The predicted molar refractivity (Wildman–Crippen MR) is 74.1 cm³/mol. The predicted octanol–water partition coefficient (Wildman–Crippen LogP) is 1.83. The Morgan fingerprint density at radius 3 is 2.68 bits per heavy atom. The van der Waals surface area contributed by atoms with Gasteiger partial charge in [0, 0.05) is 17.1 Å². The van der Waals surface area contributed by atoms with Crippen LogP contribution < -0.4 is 10.9 Å². The first-order valence-electron chi connectivity index (χ1n) is 5.69. The number of nitrogens with zero attached hydrogens (tertiary/aromatic N) is 2. The Hall–Kier alpha value is -2.41. The Morgan fingerprint density at radius 2 is 2.05 bits per heavy atom. The summed E-state index contributed by atoms with van der Waals surface area (Å²) < 4.78 is 3.81. The molecule has 6 nitrogen and oxygen atoms in total. The van der Waals surface area contributed by atoms with Gasteiger partial charge in [0.25, 0.3) is 5.56 Å². The minimum atomic E-state index is -0.131. The van der Waals surface area contributed by atoms with Crippen molar-refractivity contribution in [3.05, 3.63) is 51.8 Å². The van der Waals surface area contributed by atoms with Crippen LogP contribution >= 0.6 is 11.5 Å². The molecule has 0 saturated carbocycles. The monoisotopic (exact) mass is 273 g/mol. The molecule has 3 rings (SSSR count). The van der Waals surface area contributed by atoms with Gasteiger partial charge in [0.05, 0.1) is 17.9 Å². The molecule has 1 aromatic carbocycles. The number of benzene rings is 1. The van der Waals surface area contributed by atoms with Gasteiger partial charge in [0.2, 0.25) is 0 Å². The van der Waals surface area contributed by atoms with Gasteiger partial charge < -0.3 is 5.32 Å². The lowest BCUT2D eigenvalue weighted by Gasteiger charge is -2.05. The van der Waals surface area contributed by atoms with Gasteiger partial charge in [0.1, 0.15) is 0 Å². The molecule has 0 atom stereocenters. The van der Waals surface area contributed by atoms with Gasteiger partial charge >= 0.3 is 0 Å². The summed E-state index contributed by atoms with van der Waals surface area (Å²) in [4.78, 5) is 11.1. The molecule has 0 fully saturated rings. The largest absolute Gasteiger partial charge is 0.379 e. The minimum Gasteiger partial charge on any atom is -0.379 e. The third kappa shape index (κ3) is 2.71. The lowest BCUT2D eigenvalue weighted by atomic mass is 10.1. The van der Waals surface area contributed by atoms with Crippen LogP contribution in [0.5, 0.6) is 0 Å². The van der Waals surface area contributed by atoms with Gasteiger partial charge in [-0.3, -0.25) is 15.0 Å². The molecule has 19 heavy (non-hydrogen) atoms. The van der Waals surface area contributed by atoms with Crippen molar-refractivity contribution in [2.24, 2.45) is 0 Å². The van der Waals surface area contributed by atoms with E-state index in [0.29, 0.717) is 6.54 Å². The quantitative estimate of drug-likeness (QED) is 0.677. The first-order chi connectivity index (χ1) is 9.31. The van der Waals surface area contributed by atoms with Crippen molar-refractivity contribution in [1.82, 2.24) is 19.8 Å². The number of aromatic nitrogens is 4. The van der Waals surface area contributed by atoms with E-state index in [1.807, 2.05) is 29.6 Å². The van der Waals surface area contributed by atoms with Crippen LogP contribution in [0.2, 0.25) is 0 Å². The number of aromatic amines is 2. The molecule has 3 aromatic rings. The van der Waals surface area contributed by atoms with Crippen molar-refractivity contribution in [2.45, 2.75) is 6.54 Å². The zero-order valence-electron chi connectivity index (χ0n) is 9.88. The molecule has 0 amide bonds. The van der Waals surface area contributed by atoms with Crippen molar-refractivity contribution in [1.29, 1.82) is 0 Å². The summed E-state index contributed by atoms with van der Waals surface area (Å²) in [5.74, 6) is 0. The van der Waals surface area contributed by atoms with E-state index in [1.165, 1.54) is 17.6 Å². The van der Waals surface area contributed by atoms with Crippen molar-refractivity contribution in [3.8, 4) is 11.3 Å². The normalized spacial score (nSPS) is 10.5. The van der Waals surface area contributed by atoms with Crippen molar-refractivity contribution in [3.63, 3.8) is 0 Å². The molecule has 0 unspecified atom stereocenters. The fourth-order valence-corrected chi connectivity index (χ4v) is 2.16. The first-order valence-corrected chi connectivity index (χ1v) is 6.53. The maximum atomic E-state index is 11.1. The maximum absolute atomic E-state index is 11.1. The highest BCUT2D eigenvalue weighted by atomic mass is 32.1. The lowest BCUT2D eigenvalue weighted by molar-refractivity contribution is 0.999. The second-order valence-electron chi connectivity index (χ2n) is 4.00. The molecule has 2 aromatic heterocycles. The number of hydrogen-bond donors (Lipinski definition) is 3. The summed E-state index contributed by atoms with van der Waals surface area (Å²) in [6, 6.07) is 9.34. The Balaban J connectivity index is 1.70. The molecule has 7 heteroatoms. The maximum Gasteiger partial charge on any atom is 0.264 e. The molecule has 0 bridgehead atoms. The number of anilines is 1. The van der Waals surface area contributed by atoms with E-state index in [1.54, 1.807) is 0 Å². The van der Waals surface area contributed by atoms with Crippen LogP contribution in [0.3, 0.4) is 0 Å². The zero-order chi connectivity index (χ0) is 13.1. The third-order valence-electron chi connectivity index (χ3n) is 2.67. The average Bonchev–Trinajstić information content (AvgIpc) is 3.08. The molecule has 0 aliphatic rings. The van der Waals surface area contributed by atoms with Crippen molar-refractivity contribution < 1.29 is 0 Å². The topological polar surface area (TPSA) is 86.5 Å². The summed E-state index contributed by atoms with van der Waals surface area (Å²) in [6.07, 6.45) is 0. The summed E-state index contributed by atoms with van der Waals surface area (Å²) in [5, 5.41) is 14.5. The van der Waals surface area contributed by atoms with Crippen LogP contribution in [0, 0.1) is 0 Å². The molecular formula is C12H11N5OS. The van der Waals surface area contributed by atoms with Crippen LogP contribution in [0.25, 0.3) is 11.3 Å². The molecule has 0 radical (unpaired) electrons. The highest BCUT2D eigenvalue weighted by Gasteiger charge is 2.01. The fourth-order valence-electron chi connectivity index (χ4n) is 1.71. The Bertz CT molecular complexity index is 698.